The van der Waals surface area contributed by atoms with Crippen molar-refractivity contribution in [2.24, 2.45) is 7.05 Å². The lowest BCUT2D eigenvalue weighted by Crippen LogP contribution is -2.23. The molecule has 2 rings (SSSR count). The number of nitrogens with zero attached hydrogens (tertiary/aromatic N) is 2. The van der Waals surface area contributed by atoms with Crippen molar-refractivity contribution in [1.29, 1.82) is 0 Å². The van der Waals surface area contributed by atoms with Gasteiger partial charge in [0.25, 0.3) is 0 Å². The monoisotopic (exact) mass is 321 g/mol. The van der Waals surface area contributed by atoms with Gasteiger partial charge in [0.2, 0.25) is 0 Å². The molecule has 4 heteroatoms. The van der Waals surface area contributed by atoms with Gasteiger partial charge in [-0.3, -0.25) is 4.68 Å². The molecule has 1 atom stereocenters. The lowest BCUT2D eigenvalue weighted by molar-refractivity contribution is 0.546. The van der Waals surface area contributed by atoms with Crippen LogP contribution in [0.5, 0.6) is 0 Å². The normalized spacial score (nSPS) is 12.6. The molecule has 1 aromatic carbocycles. The zero-order valence-electron chi connectivity index (χ0n) is 11.7. The van der Waals surface area contributed by atoms with Crippen LogP contribution in [0, 0.1) is 6.92 Å². The van der Waals surface area contributed by atoms with Crippen LogP contribution in [0.2, 0.25) is 0 Å². The van der Waals surface area contributed by atoms with E-state index in [2.05, 4.69) is 64.5 Å². The molecule has 1 heterocycles. The fraction of sp³-hybridized carbons (Fsp3) is 0.400. The molecule has 0 aliphatic rings. The number of hydrogen-bond acceptors (Lipinski definition) is 2. The van der Waals surface area contributed by atoms with Gasteiger partial charge in [0, 0.05) is 28.8 Å². The number of aryl methyl sites for hydroxylation is 1. The average Bonchev–Trinajstić information content (AvgIpc) is 2.70. The lowest BCUT2D eigenvalue weighted by Gasteiger charge is -2.18. The van der Waals surface area contributed by atoms with E-state index in [1.54, 1.807) is 0 Å². The van der Waals surface area contributed by atoms with Crippen molar-refractivity contribution >= 4 is 15.9 Å². The highest BCUT2D eigenvalue weighted by Gasteiger charge is 2.16. The largest absolute Gasteiger partial charge is 0.310 e. The van der Waals surface area contributed by atoms with Crippen LogP contribution >= 0.6 is 15.9 Å². The highest BCUT2D eigenvalue weighted by Crippen LogP contribution is 2.22. The number of likely N-dealkylation sites (N-methyl/N-ethyl adjacent to an activating group) is 1. The highest BCUT2D eigenvalue weighted by atomic mass is 79.9. The van der Waals surface area contributed by atoms with E-state index >= 15 is 0 Å². The maximum Gasteiger partial charge on any atom is 0.0540 e. The first-order valence-corrected chi connectivity index (χ1v) is 7.37. The first-order chi connectivity index (χ1) is 9.11. The first-order valence-electron chi connectivity index (χ1n) is 6.58. The van der Waals surface area contributed by atoms with Crippen LogP contribution < -0.4 is 5.32 Å². The number of aromatic nitrogens is 2. The van der Waals surface area contributed by atoms with Crippen molar-refractivity contribution in [1.82, 2.24) is 15.1 Å². The predicted molar refractivity (Wildman–Crippen MR) is 82.2 cm³/mol. The number of benzene rings is 1. The van der Waals surface area contributed by atoms with Gasteiger partial charge >= 0.3 is 0 Å². The van der Waals surface area contributed by atoms with E-state index in [4.69, 9.17) is 0 Å². The quantitative estimate of drug-likeness (QED) is 0.914. The Labute approximate surface area is 123 Å². The Bertz CT molecular complexity index is 548. The Hall–Kier alpha value is -1.13. The van der Waals surface area contributed by atoms with Crippen LogP contribution in [0.25, 0.3) is 0 Å². The number of rotatable bonds is 5. The lowest BCUT2D eigenvalue weighted by atomic mass is 9.99. The van der Waals surface area contributed by atoms with Crippen molar-refractivity contribution in [3.8, 4) is 0 Å². The summed E-state index contributed by atoms with van der Waals surface area (Å²) >= 11 is 3.53. The zero-order valence-corrected chi connectivity index (χ0v) is 13.2. The SMILES string of the molecule is CCNC(Cc1cccc(Br)c1)c1cnn(C)c1C. The minimum atomic E-state index is 0.313. The van der Waals surface area contributed by atoms with E-state index in [-0.39, 0.29) is 0 Å². The Morgan fingerprint density at radius 2 is 2.21 bits per heavy atom. The highest BCUT2D eigenvalue weighted by molar-refractivity contribution is 9.10. The maximum absolute atomic E-state index is 4.35. The number of halogens is 1. The van der Waals surface area contributed by atoms with Gasteiger partial charge in [0.1, 0.15) is 0 Å². The summed E-state index contributed by atoms with van der Waals surface area (Å²) in [7, 11) is 1.99. The Balaban J connectivity index is 2.23. The topological polar surface area (TPSA) is 29.9 Å². The summed E-state index contributed by atoms with van der Waals surface area (Å²) in [6.07, 6.45) is 2.94. The second-order valence-electron chi connectivity index (χ2n) is 4.75. The third kappa shape index (κ3) is 3.45. The van der Waals surface area contributed by atoms with Gasteiger partial charge in [-0.25, -0.2) is 0 Å². The fourth-order valence-electron chi connectivity index (χ4n) is 2.30. The standard InChI is InChI=1S/C15H20BrN3/c1-4-17-15(14-10-18-19(3)11(14)2)9-12-6-5-7-13(16)8-12/h5-8,10,15,17H,4,9H2,1-3H3. The van der Waals surface area contributed by atoms with Crippen molar-refractivity contribution in [3.05, 3.63) is 51.8 Å². The summed E-state index contributed by atoms with van der Waals surface area (Å²) in [6, 6.07) is 8.80. The molecule has 2 aromatic rings. The minimum absolute atomic E-state index is 0.313. The van der Waals surface area contributed by atoms with Crippen LogP contribution in [0.15, 0.2) is 34.9 Å². The second-order valence-corrected chi connectivity index (χ2v) is 5.67. The molecule has 0 aliphatic heterocycles. The Morgan fingerprint density at radius 3 is 2.79 bits per heavy atom. The smallest absolute Gasteiger partial charge is 0.0540 e. The van der Waals surface area contributed by atoms with Gasteiger partial charge in [-0.1, -0.05) is 35.0 Å². The van der Waals surface area contributed by atoms with Gasteiger partial charge in [0.05, 0.1) is 6.20 Å². The molecule has 19 heavy (non-hydrogen) atoms. The van der Waals surface area contributed by atoms with Gasteiger partial charge < -0.3 is 5.32 Å². The summed E-state index contributed by atoms with van der Waals surface area (Å²) < 4.78 is 3.06. The van der Waals surface area contributed by atoms with E-state index in [0.29, 0.717) is 6.04 Å². The number of nitrogens with one attached hydrogen (secondary N) is 1. The maximum atomic E-state index is 4.35. The molecule has 0 aliphatic carbocycles. The fourth-order valence-corrected chi connectivity index (χ4v) is 2.74. The van der Waals surface area contributed by atoms with Gasteiger partial charge in [-0.15, -0.1) is 0 Å². The molecule has 102 valence electrons. The Morgan fingerprint density at radius 1 is 1.42 bits per heavy atom. The molecule has 0 radical (unpaired) electrons. The van der Waals surface area contributed by atoms with Crippen molar-refractivity contribution in [2.75, 3.05) is 6.54 Å². The zero-order chi connectivity index (χ0) is 13.8. The molecule has 0 spiro atoms. The summed E-state index contributed by atoms with van der Waals surface area (Å²) in [5.41, 5.74) is 3.83. The molecule has 0 amide bonds. The first kappa shape index (κ1) is 14.3. The Kier molecular flexibility index (Phi) is 4.77. The molecule has 0 saturated heterocycles. The van der Waals surface area contributed by atoms with Gasteiger partial charge in [-0.05, 0) is 37.6 Å². The molecular formula is C15H20BrN3. The summed E-state index contributed by atoms with van der Waals surface area (Å²) in [6.45, 7) is 5.21. The van der Waals surface area contributed by atoms with Crippen molar-refractivity contribution < 1.29 is 0 Å². The van der Waals surface area contributed by atoms with Crippen LogP contribution in [0.4, 0.5) is 0 Å². The van der Waals surface area contributed by atoms with Gasteiger partial charge in [-0.2, -0.15) is 5.10 Å². The molecule has 0 bridgehead atoms. The summed E-state index contributed by atoms with van der Waals surface area (Å²) in [5, 5.41) is 7.90. The average molecular weight is 322 g/mol. The van der Waals surface area contributed by atoms with Crippen LogP contribution in [-0.2, 0) is 13.5 Å². The summed E-state index contributed by atoms with van der Waals surface area (Å²) in [4.78, 5) is 0. The van der Waals surface area contributed by atoms with E-state index in [1.165, 1.54) is 16.8 Å². The molecule has 1 unspecified atom stereocenters. The molecule has 1 N–H and O–H groups in total. The molecule has 0 fully saturated rings. The van der Waals surface area contributed by atoms with E-state index in [1.807, 2.05) is 17.9 Å². The van der Waals surface area contributed by atoms with E-state index in [9.17, 15) is 0 Å². The van der Waals surface area contributed by atoms with E-state index in [0.717, 1.165) is 17.4 Å². The van der Waals surface area contributed by atoms with E-state index < -0.39 is 0 Å². The van der Waals surface area contributed by atoms with Crippen molar-refractivity contribution in [3.63, 3.8) is 0 Å². The summed E-state index contributed by atoms with van der Waals surface area (Å²) in [5.74, 6) is 0. The van der Waals surface area contributed by atoms with Crippen LogP contribution in [0.3, 0.4) is 0 Å². The number of hydrogen-bond donors (Lipinski definition) is 1. The molecular weight excluding hydrogens is 302 g/mol. The minimum Gasteiger partial charge on any atom is -0.310 e. The third-order valence-electron chi connectivity index (χ3n) is 3.43. The van der Waals surface area contributed by atoms with Crippen molar-refractivity contribution in [2.45, 2.75) is 26.3 Å². The second kappa shape index (κ2) is 6.35. The molecule has 1 aromatic heterocycles. The predicted octanol–water partition coefficient (Wildman–Crippen LogP) is 3.38. The third-order valence-corrected chi connectivity index (χ3v) is 3.92. The van der Waals surface area contributed by atoms with Crippen LogP contribution in [-0.4, -0.2) is 16.3 Å². The van der Waals surface area contributed by atoms with Gasteiger partial charge in [0.15, 0.2) is 0 Å². The van der Waals surface area contributed by atoms with Crippen LogP contribution in [0.1, 0.15) is 29.8 Å². The molecule has 3 nitrogen and oxygen atoms in total. The molecule has 0 saturated carbocycles.